The molecule has 2 aromatic rings. The summed E-state index contributed by atoms with van der Waals surface area (Å²) < 4.78 is 29.2. The molecular formula is C21H29ClIN3O3S. The molecule has 0 aliphatic rings. The van der Waals surface area contributed by atoms with Gasteiger partial charge in [0, 0.05) is 31.4 Å². The van der Waals surface area contributed by atoms with Crippen LogP contribution in [0.4, 0.5) is 0 Å². The Labute approximate surface area is 201 Å². The quantitative estimate of drug-likeness (QED) is 0.218. The maximum atomic E-state index is 11.7. The van der Waals surface area contributed by atoms with Gasteiger partial charge in [0.1, 0.15) is 5.75 Å². The summed E-state index contributed by atoms with van der Waals surface area (Å²) in [4.78, 5) is 4.57. The van der Waals surface area contributed by atoms with E-state index in [0.717, 1.165) is 28.9 Å². The Kier molecular flexibility index (Phi) is 10.9. The van der Waals surface area contributed by atoms with E-state index in [0.29, 0.717) is 35.6 Å². The van der Waals surface area contributed by atoms with Gasteiger partial charge in [-0.05, 0) is 61.2 Å². The lowest BCUT2D eigenvalue weighted by atomic mass is 10.1. The van der Waals surface area contributed by atoms with E-state index in [4.69, 9.17) is 16.3 Å². The first-order valence-corrected chi connectivity index (χ1v) is 11.6. The molecule has 2 aromatic carbocycles. The van der Waals surface area contributed by atoms with Crippen molar-refractivity contribution < 1.29 is 13.2 Å². The number of rotatable bonds is 8. The zero-order chi connectivity index (χ0) is 21.4. The van der Waals surface area contributed by atoms with Crippen LogP contribution in [0.5, 0.6) is 5.75 Å². The highest BCUT2D eigenvalue weighted by molar-refractivity contribution is 14.0. The maximum absolute atomic E-state index is 11.7. The number of ether oxygens (including phenoxy) is 1. The molecule has 0 heterocycles. The zero-order valence-electron chi connectivity index (χ0n) is 17.7. The molecule has 0 spiro atoms. The topological polar surface area (TPSA) is 79.8 Å². The summed E-state index contributed by atoms with van der Waals surface area (Å²) in [5.74, 6) is 1.52. The number of nitrogens with one attached hydrogen (secondary N) is 2. The number of benzene rings is 2. The standard InChI is InChI=1S/C21H28ClN3O3S.HI/c1-15-13-18(22)7-8-19(15)28-11-5-10-24-21(23-3)25-14-17-6-9-20(16(2)12-17)29(4,26)27;/h6-9,12-13H,5,10-11,14H2,1-4H3,(H2,23,24,25);1H. The van der Waals surface area contributed by atoms with Gasteiger partial charge in [-0.2, -0.15) is 0 Å². The molecule has 0 aliphatic heterocycles. The highest BCUT2D eigenvalue weighted by Gasteiger charge is 2.11. The van der Waals surface area contributed by atoms with E-state index in [1.807, 2.05) is 37.3 Å². The van der Waals surface area contributed by atoms with Crippen molar-refractivity contribution in [3.05, 3.63) is 58.1 Å². The smallest absolute Gasteiger partial charge is 0.191 e. The molecule has 30 heavy (non-hydrogen) atoms. The second kappa shape index (κ2) is 12.4. The molecular weight excluding hydrogens is 537 g/mol. The predicted octanol–water partition coefficient (Wildman–Crippen LogP) is 4.11. The van der Waals surface area contributed by atoms with E-state index < -0.39 is 9.84 Å². The molecule has 2 rings (SSSR count). The van der Waals surface area contributed by atoms with Crippen molar-refractivity contribution in [2.75, 3.05) is 26.5 Å². The largest absolute Gasteiger partial charge is 0.493 e. The second-order valence-electron chi connectivity index (χ2n) is 6.84. The van der Waals surface area contributed by atoms with E-state index in [2.05, 4.69) is 15.6 Å². The fourth-order valence-corrected chi connectivity index (χ4v) is 4.07. The summed E-state index contributed by atoms with van der Waals surface area (Å²) in [5, 5.41) is 7.17. The lowest BCUT2D eigenvalue weighted by Crippen LogP contribution is -2.37. The van der Waals surface area contributed by atoms with Gasteiger partial charge in [-0.15, -0.1) is 24.0 Å². The summed E-state index contributed by atoms with van der Waals surface area (Å²) in [5.41, 5.74) is 2.74. The second-order valence-corrected chi connectivity index (χ2v) is 9.26. The van der Waals surface area contributed by atoms with Crippen LogP contribution in [-0.2, 0) is 16.4 Å². The van der Waals surface area contributed by atoms with Gasteiger partial charge in [-0.25, -0.2) is 8.42 Å². The summed E-state index contributed by atoms with van der Waals surface area (Å²) in [6.07, 6.45) is 2.03. The van der Waals surface area contributed by atoms with Crippen molar-refractivity contribution in [3.8, 4) is 5.75 Å². The van der Waals surface area contributed by atoms with Crippen LogP contribution < -0.4 is 15.4 Å². The average molecular weight is 566 g/mol. The number of aliphatic imine (C=N–C) groups is 1. The number of hydrogen-bond donors (Lipinski definition) is 2. The molecule has 0 fully saturated rings. The predicted molar refractivity (Wildman–Crippen MR) is 134 cm³/mol. The molecule has 0 amide bonds. The Morgan fingerprint density at radius 1 is 1.10 bits per heavy atom. The minimum absolute atomic E-state index is 0. The summed E-state index contributed by atoms with van der Waals surface area (Å²) in [6.45, 7) is 5.60. The molecule has 0 aliphatic carbocycles. The molecule has 0 saturated heterocycles. The van der Waals surface area contributed by atoms with Gasteiger partial charge < -0.3 is 15.4 Å². The van der Waals surface area contributed by atoms with Gasteiger partial charge in [0.15, 0.2) is 15.8 Å². The number of sulfone groups is 1. The first-order valence-electron chi connectivity index (χ1n) is 9.34. The van der Waals surface area contributed by atoms with Crippen molar-refractivity contribution in [3.63, 3.8) is 0 Å². The third-order valence-corrected chi connectivity index (χ3v) is 5.82. The molecule has 9 heteroatoms. The van der Waals surface area contributed by atoms with Crippen LogP contribution in [0, 0.1) is 13.8 Å². The van der Waals surface area contributed by atoms with Gasteiger partial charge in [0.25, 0.3) is 0 Å². The monoisotopic (exact) mass is 565 g/mol. The van der Waals surface area contributed by atoms with Crippen molar-refractivity contribution in [1.29, 1.82) is 0 Å². The fraction of sp³-hybridized carbons (Fsp3) is 0.381. The molecule has 0 bridgehead atoms. The van der Waals surface area contributed by atoms with Crippen molar-refractivity contribution in [2.45, 2.75) is 31.7 Å². The molecule has 6 nitrogen and oxygen atoms in total. The van der Waals surface area contributed by atoms with Gasteiger partial charge in [0.05, 0.1) is 11.5 Å². The third-order valence-electron chi connectivity index (χ3n) is 4.33. The summed E-state index contributed by atoms with van der Waals surface area (Å²) in [6, 6.07) is 10.9. The van der Waals surface area contributed by atoms with Crippen LogP contribution in [0.15, 0.2) is 46.3 Å². The Hall–Kier alpha value is -1.52. The Bertz CT molecular complexity index is 981. The lowest BCUT2D eigenvalue weighted by molar-refractivity contribution is 0.309. The number of guanidine groups is 1. The number of aryl methyl sites for hydroxylation is 2. The molecule has 2 N–H and O–H groups in total. The fourth-order valence-electron chi connectivity index (χ4n) is 2.88. The molecule has 166 valence electrons. The Morgan fingerprint density at radius 3 is 2.43 bits per heavy atom. The van der Waals surface area contributed by atoms with E-state index in [1.165, 1.54) is 6.26 Å². The first kappa shape index (κ1) is 26.5. The van der Waals surface area contributed by atoms with E-state index in [-0.39, 0.29) is 24.0 Å². The first-order chi connectivity index (χ1) is 13.7. The van der Waals surface area contributed by atoms with Gasteiger partial charge in [-0.3, -0.25) is 4.99 Å². The van der Waals surface area contributed by atoms with Crippen molar-refractivity contribution in [1.82, 2.24) is 10.6 Å². The van der Waals surface area contributed by atoms with E-state index >= 15 is 0 Å². The van der Waals surface area contributed by atoms with Gasteiger partial charge in [0.2, 0.25) is 0 Å². The molecule has 0 radical (unpaired) electrons. The molecule has 0 saturated carbocycles. The van der Waals surface area contributed by atoms with Crippen LogP contribution in [0.25, 0.3) is 0 Å². The average Bonchev–Trinajstić information content (AvgIpc) is 2.64. The Balaban J connectivity index is 0.00000450. The minimum Gasteiger partial charge on any atom is -0.493 e. The highest BCUT2D eigenvalue weighted by Crippen LogP contribution is 2.21. The SMILES string of the molecule is CN=C(NCCCOc1ccc(Cl)cc1C)NCc1ccc(S(C)(=O)=O)c(C)c1.I. The van der Waals surface area contributed by atoms with E-state index in [9.17, 15) is 8.42 Å². The van der Waals surface area contributed by atoms with Crippen LogP contribution in [-0.4, -0.2) is 40.8 Å². The van der Waals surface area contributed by atoms with Crippen LogP contribution in [0.3, 0.4) is 0 Å². The lowest BCUT2D eigenvalue weighted by Gasteiger charge is -2.14. The van der Waals surface area contributed by atoms with Gasteiger partial charge in [-0.1, -0.05) is 23.7 Å². The number of halogens is 2. The van der Waals surface area contributed by atoms with Crippen molar-refractivity contribution in [2.24, 2.45) is 4.99 Å². The molecule has 0 aromatic heterocycles. The highest BCUT2D eigenvalue weighted by atomic mass is 127. The van der Waals surface area contributed by atoms with Crippen LogP contribution in [0.2, 0.25) is 5.02 Å². The molecule has 0 atom stereocenters. The Morgan fingerprint density at radius 2 is 1.83 bits per heavy atom. The summed E-state index contributed by atoms with van der Waals surface area (Å²) in [7, 11) is -1.49. The normalized spacial score (nSPS) is 11.6. The van der Waals surface area contributed by atoms with Crippen LogP contribution in [0.1, 0.15) is 23.1 Å². The van der Waals surface area contributed by atoms with Crippen molar-refractivity contribution >= 4 is 51.4 Å². The van der Waals surface area contributed by atoms with E-state index in [1.54, 1.807) is 20.0 Å². The maximum Gasteiger partial charge on any atom is 0.191 e. The third kappa shape index (κ3) is 8.31. The number of nitrogens with zero attached hydrogens (tertiary/aromatic N) is 1. The molecule has 0 unspecified atom stereocenters. The zero-order valence-corrected chi connectivity index (χ0v) is 21.6. The summed E-state index contributed by atoms with van der Waals surface area (Å²) >= 11 is 5.95. The van der Waals surface area contributed by atoms with Gasteiger partial charge >= 0.3 is 0 Å². The number of hydrogen-bond acceptors (Lipinski definition) is 4. The minimum atomic E-state index is -3.20. The van der Waals surface area contributed by atoms with Crippen LogP contribution >= 0.6 is 35.6 Å².